The van der Waals surface area contributed by atoms with Crippen molar-refractivity contribution in [3.05, 3.63) is 76.4 Å². The van der Waals surface area contributed by atoms with E-state index in [0.29, 0.717) is 12.1 Å². The molecule has 5 heteroatoms. The Morgan fingerprint density at radius 3 is 2.86 bits per heavy atom. The van der Waals surface area contributed by atoms with Gasteiger partial charge in [-0.3, -0.25) is 4.79 Å². The molecule has 110 valence electrons. The molecular weight excluding hydrogens is 296 g/mol. The molecule has 1 N–H and O–H groups in total. The number of rotatable bonds is 3. The zero-order valence-corrected chi connectivity index (χ0v) is 12.5. The molecule has 1 atom stereocenters. The number of furan rings is 1. The lowest BCUT2D eigenvalue weighted by atomic mass is 10.0. The summed E-state index contributed by atoms with van der Waals surface area (Å²) in [6.07, 6.45) is 1.45. The number of carbonyl (C=O) groups is 1. The van der Waals surface area contributed by atoms with Crippen molar-refractivity contribution in [2.24, 2.45) is 0 Å². The summed E-state index contributed by atoms with van der Waals surface area (Å²) in [5, 5.41) is 7.55. The third kappa shape index (κ3) is 2.19. The highest BCUT2D eigenvalue weighted by atomic mass is 32.1. The van der Waals surface area contributed by atoms with E-state index in [0.717, 1.165) is 17.0 Å². The fraction of sp³-hybridized carbons (Fsp3) is 0.118. The maximum Gasteiger partial charge on any atom is 0.258 e. The number of nitrogens with zero attached hydrogens (tertiary/aromatic N) is 1. The number of amides is 1. The highest BCUT2D eigenvalue weighted by molar-refractivity contribution is 7.08. The van der Waals surface area contributed by atoms with E-state index in [4.69, 9.17) is 4.42 Å². The van der Waals surface area contributed by atoms with Crippen LogP contribution in [0.2, 0.25) is 0 Å². The minimum atomic E-state index is -0.182. The van der Waals surface area contributed by atoms with E-state index in [1.165, 1.54) is 0 Å². The van der Waals surface area contributed by atoms with Crippen LogP contribution in [0, 0.1) is 0 Å². The average molecular weight is 310 g/mol. The Hall–Kier alpha value is -2.53. The third-order valence-electron chi connectivity index (χ3n) is 3.79. The van der Waals surface area contributed by atoms with Crippen LogP contribution in [0.1, 0.15) is 27.8 Å². The number of thiophene rings is 1. The summed E-state index contributed by atoms with van der Waals surface area (Å²) in [5.41, 5.74) is 2.65. The van der Waals surface area contributed by atoms with Gasteiger partial charge in [0.2, 0.25) is 0 Å². The van der Waals surface area contributed by atoms with Gasteiger partial charge in [-0.05, 0) is 41.1 Å². The molecule has 1 aromatic carbocycles. The number of fused-ring (bicyclic) bond motifs is 1. The van der Waals surface area contributed by atoms with Gasteiger partial charge in [-0.2, -0.15) is 11.3 Å². The Morgan fingerprint density at radius 2 is 2.09 bits per heavy atom. The summed E-state index contributed by atoms with van der Waals surface area (Å²) in [5.74, 6) is 0.789. The number of carbonyl (C=O) groups excluding carboxylic acids is 1. The van der Waals surface area contributed by atoms with Gasteiger partial charge in [0.15, 0.2) is 0 Å². The van der Waals surface area contributed by atoms with Gasteiger partial charge in [-0.25, -0.2) is 0 Å². The zero-order chi connectivity index (χ0) is 14.9. The summed E-state index contributed by atoms with van der Waals surface area (Å²) < 4.78 is 5.42. The maximum atomic E-state index is 12.9. The molecule has 0 bridgehead atoms. The number of anilines is 1. The molecule has 0 unspecified atom stereocenters. The van der Waals surface area contributed by atoms with Crippen LogP contribution in [0.5, 0.6) is 0 Å². The molecule has 0 saturated heterocycles. The Labute approximate surface area is 132 Å². The van der Waals surface area contributed by atoms with Crippen molar-refractivity contribution in [3.63, 3.8) is 0 Å². The first kappa shape index (κ1) is 13.2. The van der Waals surface area contributed by atoms with Gasteiger partial charge in [-0.1, -0.05) is 12.1 Å². The van der Waals surface area contributed by atoms with E-state index in [9.17, 15) is 4.79 Å². The number of para-hydroxylation sites is 1. The number of nitrogens with one attached hydrogen (secondary N) is 1. The lowest BCUT2D eigenvalue weighted by Crippen LogP contribution is -2.42. The van der Waals surface area contributed by atoms with E-state index < -0.39 is 0 Å². The van der Waals surface area contributed by atoms with Gasteiger partial charge >= 0.3 is 0 Å². The fourth-order valence-electron chi connectivity index (χ4n) is 2.72. The van der Waals surface area contributed by atoms with Crippen LogP contribution in [0.3, 0.4) is 0 Å². The Balaban J connectivity index is 1.76. The molecule has 0 radical (unpaired) electrons. The van der Waals surface area contributed by atoms with Crippen LogP contribution in [-0.2, 0) is 6.54 Å². The summed E-state index contributed by atoms with van der Waals surface area (Å²) in [6, 6.07) is 13.4. The predicted octanol–water partition coefficient (Wildman–Crippen LogP) is 4.11. The second kappa shape index (κ2) is 5.35. The lowest BCUT2D eigenvalue weighted by Gasteiger charge is -2.37. The molecule has 1 aliphatic rings. The van der Waals surface area contributed by atoms with Gasteiger partial charge in [0, 0.05) is 11.3 Å². The maximum absolute atomic E-state index is 12.9. The number of hydrogen-bond acceptors (Lipinski definition) is 4. The van der Waals surface area contributed by atoms with E-state index >= 15 is 0 Å². The van der Waals surface area contributed by atoms with Gasteiger partial charge in [0.25, 0.3) is 5.91 Å². The van der Waals surface area contributed by atoms with Gasteiger partial charge in [0.05, 0.1) is 18.4 Å². The van der Waals surface area contributed by atoms with E-state index in [1.807, 2.05) is 52.7 Å². The largest absolute Gasteiger partial charge is 0.467 e. The Morgan fingerprint density at radius 1 is 1.18 bits per heavy atom. The van der Waals surface area contributed by atoms with Gasteiger partial charge < -0.3 is 14.6 Å². The van der Waals surface area contributed by atoms with Crippen molar-refractivity contribution in [2.75, 3.05) is 5.32 Å². The van der Waals surface area contributed by atoms with Crippen molar-refractivity contribution >= 4 is 22.9 Å². The highest BCUT2D eigenvalue weighted by Crippen LogP contribution is 2.34. The number of hydrogen-bond donors (Lipinski definition) is 1. The molecule has 3 heterocycles. The van der Waals surface area contributed by atoms with Crippen LogP contribution in [0.4, 0.5) is 5.69 Å². The minimum absolute atomic E-state index is 0.0157. The molecule has 1 aliphatic heterocycles. The van der Waals surface area contributed by atoms with Crippen molar-refractivity contribution in [1.82, 2.24) is 4.90 Å². The second-order valence-electron chi connectivity index (χ2n) is 5.16. The molecule has 2 aromatic heterocycles. The van der Waals surface area contributed by atoms with Crippen LogP contribution in [0.15, 0.2) is 63.9 Å². The monoisotopic (exact) mass is 310 g/mol. The molecular formula is C17H14N2O2S. The second-order valence-corrected chi connectivity index (χ2v) is 5.94. The topological polar surface area (TPSA) is 45.5 Å². The summed E-state index contributed by atoms with van der Waals surface area (Å²) in [6.45, 7) is 0.438. The molecule has 0 aliphatic carbocycles. The summed E-state index contributed by atoms with van der Waals surface area (Å²) in [4.78, 5) is 14.7. The van der Waals surface area contributed by atoms with Crippen LogP contribution in [0.25, 0.3) is 0 Å². The predicted molar refractivity (Wildman–Crippen MR) is 85.7 cm³/mol. The molecule has 4 nitrogen and oxygen atoms in total. The van der Waals surface area contributed by atoms with Crippen molar-refractivity contribution in [3.8, 4) is 0 Å². The first-order chi connectivity index (χ1) is 10.8. The minimum Gasteiger partial charge on any atom is -0.467 e. The smallest absolute Gasteiger partial charge is 0.258 e. The van der Waals surface area contributed by atoms with E-state index in [1.54, 1.807) is 17.6 Å². The summed E-state index contributed by atoms with van der Waals surface area (Å²) >= 11 is 1.62. The van der Waals surface area contributed by atoms with Crippen LogP contribution in [-0.4, -0.2) is 10.8 Å². The zero-order valence-electron chi connectivity index (χ0n) is 11.7. The normalized spacial score (nSPS) is 17.2. The highest BCUT2D eigenvalue weighted by Gasteiger charge is 2.33. The van der Waals surface area contributed by atoms with Crippen molar-refractivity contribution < 1.29 is 9.21 Å². The molecule has 22 heavy (non-hydrogen) atoms. The standard InChI is InChI=1S/C17H14N2O2S/c20-17-14-5-1-2-6-15(14)18-16(12-7-9-22-11-12)19(17)10-13-4-3-8-21-13/h1-9,11,16,18H,10H2/t16-/m0/s1. The SMILES string of the molecule is O=C1c2ccccc2N[C@H](c2ccsc2)N1Cc1ccco1. The van der Waals surface area contributed by atoms with Gasteiger partial charge in [-0.15, -0.1) is 0 Å². The van der Waals surface area contributed by atoms with Crippen molar-refractivity contribution in [2.45, 2.75) is 12.7 Å². The van der Waals surface area contributed by atoms with E-state index in [2.05, 4.69) is 10.7 Å². The molecule has 0 spiro atoms. The van der Waals surface area contributed by atoms with E-state index in [-0.39, 0.29) is 12.1 Å². The molecule has 4 rings (SSSR count). The summed E-state index contributed by atoms with van der Waals surface area (Å²) in [7, 11) is 0. The average Bonchev–Trinajstić information content (AvgIpc) is 3.23. The first-order valence-corrected chi connectivity index (χ1v) is 7.98. The number of benzene rings is 1. The molecule has 3 aromatic rings. The molecule has 1 amide bonds. The lowest BCUT2D eigenvalue weighted by molar-refractivity contribution is 0.0652. The van der Waals surface area contributed by atoms with Crippen LogP contribution >= 0.6 is 11.3 Å². The third-order valence-corrected chi connectivity index (χ3v) is 4.49. The Kier molecular flexibility index (Phi) is 3.20. The molecule has 0 saturated carbocycles. The van der Waals surface area contributed by atoms with Crippen LogP contribution < -0.4 is 5.32 Å². The first-order valence-electron chi connectivity index (χ1n) is 7.04. The Bertz CT molecular complexity index is 781. The quantitative estimate of drug-likeness (QED) is 0.792. The van der Waals surface area contributed by atoms with Gasteiger partial charge in [0.1, 0.15) is 11.9 Å². The molecule has 0 fully saturated rings. The fourth-order valence-corrected chi connectivity index (χ4v) is 3.40. The van der Waals surface area contributed by atoms with Crippen molar-refractivity contribution in [1.29, 1.82) is 0 Å².